The van der Waals surface area contributed by atoms with E-state index in [4.69, 9.17) is 4.74 Å². The summed E-state index contributed by atoms with van der Waals surface area (Å²) >= 11 is 0. The van der Waals surface area contributed by atoms with E-state index < -0.39 is 24.7 Å². The monoisotopic (exact) mass is 504 g/mol. The van der Waals surface area contributed by atoms with Crippen LogP contribution in [0.5, 0.6) is 5.75 Å². The van der Waals surface area contributed by atoms with Gasteiger partial charge < -0.3 is 14.2 Å². The number of hydrogen-bond donors (Lipinski definition) is 0. The van der Waals surface area contributed by atoms with E-state index in [0.29, 0.717) is 29.8 Å². The topological polar surface area (TPSA) is 78.1 Å². The number of imidazole rings is 1. The van der Waals surface area contributed by atoms with Crippen molar-refractivity contribution >= 4 is 5.91 Å². The molecule has 1 fully saturated rings. The zero-order valence-corrected chi connectivity index (χ0v) is 21.1. The summed E-state index contributed by atoms with van der Waals surface area (Å²) in [4.78, 5) is 18.4. The third-order valence-corrected chi connectivity index (χ3v) is 6.74. The van der Waals surface area contributed by atoms with Crippen LogP contribution in [-0.4, -0.2) is 61.7 Å². The molecule has 1 unspecified atom stereocenters. The molecule has 2 atom stereocenters. The number of likely N-dealkylation sites (tertiary alicyclic amines) is 1. The summed E-state index contributed by atoms with van der Waals surface area (Å²) in [6, 6.07) is 4.66. The molecule has 2 aromatic heterocycles. The number of carbonyl (C=O) groups excluding carboxylic acids is 1. The predicted molar refractivity (Wildman–Crippen MR) is 128 cm³/mol. The maximum atomic E-state index is 13.3. The number of methoxy groups -OCH3 is 1. The van der Waals surface area contributed by atoms with Crippen LogP contribution >= 0.6 is 0 Å². The van der Waals surface area contributed by atoms with E-state index in [2.05, 4.69) is 15.3 Å². The van der Waals surface area contributed by atoms with Gasteiger partial charge in [0.05, 0.1) is 31.0 Å². The van der Waals surface area contributed by atoms with Gasteiger partial charge in [0.25, 0.3) is 0 Å². The molecule has 36 heavy (non-hydrogen) atoms. The SMILES string of the molecule is COc1cc(-c2cn([C@@H]3CC(C(C)(C)C)CCN(CC(F)(F)F)C3=O)nn2)ccc1-n1cnc(C)c1. The molecule has 0 spiro atoms. The molecule has 1 amide bonds. The Morgan fingerprint density at radius 2 is 1.92 bits per heavy atom. The van der Waals surface area contributed by atoms with Crippen molar-refractivity contribution < 1.29 is 22.7 Å². The van der Waals surface area contributed by atoms with Gasteiger partial charge in [-0.2, -0.15) is 13.2 Å². The highest BCUT2D eigenvalue weighted by molar-refractivity contribution is 5.81. The maximum absolute atomic E-state index is 13.3. The molecular weight excluding hydrogens is 473 g/mol. The Labute approximate surface area is 208 Å². The van der Waals surface area contributed by atoms with Crippen molar-refractivity contribution in [3.63, 3.8) is 0 Å². The Morgan fingerprint density at radius 3 is 2.53 bits per heavy atom. The highest BCUT2D eigenvalue weighted by Gasteiger charge is 2.41. The lowest BCUT2D eigenvalue weighted by atomic mass is 9.76. The van der Waals surface area contributed by atoms with Crippen LogP contribution in [0.25, 0.3) is 16.9 Å². The van der Waals surface area contributed by atoms with Gasteiger partial charge >= 0.3 is 6.18 Å². The van der Waals surface area contributed by atoms with Crippen LogP contribution in [0.15, 0.2) is 36.9 Å². The van der Waals surface area contributed by atoms with Crippen molar-refractivity contribution in [2.24, 2.45) is 11.3 Å². The van der Waals surface area contributed by atoms with Gasteiger partial charge in [-0.05, 0) is 43.2 Å². The van der Waals surface area contributed by atoms with Crippen LogP contribution in [0.3, 0.4) is 0 Å². The summed E-state index contributed by atoms with van der Waals surface area (Å²) in [7, 11) is 1.56. The molecule has 3 heterocycles. The molecule has 0 aliphatic carbocycles. The number of benzene rings is 1. The average Bonchev–Trinajstić information content (AvgIpc) is 3.42. The highest BCUT2D eigenvalue weighted by atomic mass is 19.4. The van der Waals surface area contributed by atoms with Gasteiger partial charge in [0.15, 0.2) is 0 Å². The van der Waals surface area contributed by atoms with E-state index in [1.54, 1.807) is 19.6 Å². The van der Waals surface area contributed by atoms with Crippen molar-refractivity contribution in [2.75, 3.05) is 20.2 Å². The predicted octanol–water partition coefficient (Wildman–Crippen LogP) is 4.84. The van der Waals surface area contributed by atoms with Gasteiger partial charge in [-0.1, -0.05) is 32.1 Å². The fourth-order valence-corrected chi connectivity index (χ4v) is 4.67. The van der Waals surface area contributed by atoms with Crippen LogP contribution in [0.2, 0.25) is 0 Å². The third kappa shape index (κ3) is 5.55. The van der Waals surface area contributed by atoms with Crippen molar-refractivity contribution in [1.82, 2.24) is 29.4 Å². The normalized spacial score (nSPS) is 19.4. The van der Waals surface area contributed by atoms with Crippen LogP contribution in [0.1, 0.15) is 45.3 Å². The fraction of sp³-hybridized carbons (Fsp3) is 0.520. The van der Waals surface area contributed by atoms with Crippen molar-refractivity contribution in [2.45, 2.75) is 52.8 Å². The molecule has 3 aromatic rings. The molecule has 0 bridgehead atoms. The zero-order chi connectivity index (χ0) is 26.3. The van der Waals surface area contributed by atoms with E-state index in [-0.39, 0.29) is 17.9 Å². The lowest BCUT2D eigenvalue weighted by Gasteiger charge is -2.30. The third-order valence-electron chi connectivity index (χ3n) is 6.74. The van der Waals surface area contributed by atoms with Gasteiger partial charge in [0, 0.05) is 18.3 Å². The molecule has 11 heteroatoms. The summed E-state index contributed by atoms with van der Waals surface area (Å²) in [5.74, 6) is 0.0448. The van der Waals surface area contributed by atoms with Gasteiger partial charge in [-0.25, -0.2) is 9.67 Å². The van der Waals surface area contributed by atoms with Crippen LogP contribution in [0, 0.1) is 18.3 Å². The van der Waals surface area contributed by atoms with Crippen molar-refractivity contribution in [3.05, 3.63) is 42.6 Å². The largest absolute Gasteiger partial charge is 0.495 e. The Hall–Kier alpha value is -3.37. The number of aromatic nitrogens is 5. The second-order valence-corrected chi connectivity index (χ2v) is 10.4. The Balaban J connectivity index is 1.66. The van der Waals surface area contributed by atoms with Gasteiger partial charge in [-0.3, -0.25) is 4.79 Å². The number of carbonyl (C=O) groups is 1. The number of aryl methyl sites for hydroxylation is 1. The Bertz CT molecular complexity index is 1230. The van der Waals surface area contributed by atoms with E-state index >= 15 is 0 Å². The van der Waals surface area contributed by atoms with Gasteiger partial charge in [-0.15, -0.1) is 5.10 Å². The van der Waals surface area contributed by atoms with Crippen molar-refractivity contribution in [3.8, 4) is 22.7 Å². The molecule has 1 aromatic carbocycles. The number of rotatable bonds is 5. The molecule has 1 saturated heterocycles. The number of amides is 1. The lowest BCUT2D eigenvalue weighted by Crippen LogP contribution is -2.42. The Morgan fingerprint density at radius 1 is 1.17 bits per heavy atom. The molecule has 0 radical (unpaired) electrons. The molecule has 8 nitrogen and oxygen atoms in total. The standard InChI is InChI=1S/C25H31F3N6O2/c1-16-12-33(15-29-16)20-7-6-17(10-22(20)36-5)19-13-34(31-30-19)21-11-18(24(2,3)4)8-9-32(23(21)35)14-25(26,27)28/h6-7,10,12-13,15,18,21H,8-9,11,14H2,1-5H3/t18?,21-/m1/s1. The second kappa shape index (κ2) is 9.59. The number of hydrogen-bond acceptors (Lipinski definition) is 5. The zero-order valence-electron chi connectivity index (χ0n) is 21.1. The second-order valence-electron chi connectivity index (χ2n) is 10.4. The molecule has 1 aliphatic heterocycles. The molecule has 4 rings (SSSR count). The number of halogens is 3. The van der Waals surface area contributed by atoms with E-state index in [0.717, 1.165) is 16.3 Å². The quantitative estimate of drug-likeness (QED) is 0.497. The van der Waals surface area contributed by atoms with Gasteiger partial charge in [0.2, 0.25) is 5.91 Å². The first kappa shape index (κ1) is 25.7. The Kier molecular flexibility index (Phi) is 6.85. The average molecular weight is 505 g/mol. The molecule has 0 N–H and O–H groups in total. The minimum absolute atomic E-state index is 0.0374. The summed E-state index contributed by atoms with van der Waals surface area (Å²) in [5, 5.41) is 8.42. The van der Waals surface area contributed by atoms with Crippen LogP contribution < -0.4 is 4.74 Å². The highest BCUT2D eigenvalue weighted by Crippen LogP contribution is 2.39. The number of nitrogens with zero attached hydrogens (tertiary/aromatic N) is 6. The molecular formula is C25H31F3N6O2. The summed E-state index contributed by atoms with van der Waals surface area (Å²) < 4.78 is 48.5. The first-order valence-corrected chi connectivity index (χ1v) is 11.8. The number of ether oxygens (including phenoxy) is 1. The molecule has 1 aliphatic rings. The van der Waals surface area contributed by atoms with Crippen LogP contribution in [-0.2, 0) is 4.79 Å². The number of alkyl halides is 3. The summed E-state index contributed by atoms with van der Waals surface area (Å²) in [6.07, 6.45) is 1.61. The smallest absolute Gasteiger partial charge is 0.406 e. The minimum atomic E-state index is -4.47. The minimum Gasteiger partial charge on any atom is -0.495 e. The molecule has 194 valence electrons. The fourth-order valence-electron chi connectivity index (χ4n) is 4.67. The maximum Gasteiger partial charge on any atom is 0.406 e. The van der Waals surface area contributed by atoms with E-state index in [1.807, 2.05) is 56.7 Å². The van der Waals surface area contributed by atoms with Gasteiger partial charge in [0.1, 0.15) is 24.0 Å². The lowest BCUT2D eigenvalue weighted by molar-refractivity contribution is -0.162. The van der Waals surface area contributed by atoms with E-state index in [1.165, 1.54) is 4.68 Å². The van der Waals surface area contributed by atoms with E-state index in [9.17, 15) is 18.0 Å². The van der Waals surface area contributed by atoms with Crippen LogP contribution in [0.4, 0.5) is 13.2 Å². The first-order valence-electron chi connectivity index (χ1n) is 11.8. The first-order chi connectivity index (χ1) is 16.9. The molecule has 0 saturated carbocycles. The summed E-state index contributed by atoms with van der Waals surface area (Å²) in [5.41, 5.74) is 2.69. The van der Waals surface area contributed by atoms with Crippen molar-refractivity contribution in [1.29, 1.82) is 0 Å². The summed E-state index contributed by atoms with van der Waals surface area (Å²) in [6.45, 7) is 6.81.